The second kappa shape index (κ2) is 6.56. The zero-order valence-corrected chi connectivity index (χ0v) is 13.9. The van der Waals surface area contributed by atoms with Gasteiger partial charge in [0.15, 0.2) is 0 Å². The SMILES string of the molecule is CCC1NC(=O)C(CC(C)C)N(Cc2nc(C)cs2)C1=O. The van der Waals surface area contributed by atoms with Gasteiger partial charge in [0.2, 0.25) is 11.8 Å². The summed E-state index contributed by atoms with van der Waals surface area (Å²) in [5, 5.41) is 5.70. The first-order chi connectivity index (χ1) is 9.92. The summed E-state index contributed by atoms with van der Waals surface area (Å²) in [7, 11) is 0. The quantitative estimate of drug-likeness (QED) is 0.906. The summed E-state index contributed by atoms with van der Waals surface area (Å²) in [5.74, 6) is 0.325. The highest BCUT2D eigenvalue weighted by molar-refractivity contribution is 7.09. The summed E-state index contributed by atoms with van der Waals surface area (Å²) in [6.45, 7) is 8.41. The molecule has 5 nitrogen and oxygen atoms in total. The predicted octanol–water partition coefficient (Wildman–Crippen LogP) is 2.10. The van der Waals surface area contributed by atoms with Crippen molar-refractivity contribution in [1.29, 1.82) is 0 Å². The number of nitrogens with one attached hydrogen (secondary N) is 1. The predicted molar refractivity (Wildman–Crippen MR) is 82.9 cm³/mol. The first-order valence-corrected chi connectivity index (χ1v) is 8.32. The first-order valence-electron chi connectivity index (χ1n) is 7.44. The van der Waals surface area contributed by atoms with Gasteiger partial charge in [-0.05, 0) is 25.7 Å². The molecule has 1 fully saturated rings. The molecule has 2 atom stereocenters. The van der Waals surface area contributed by atoms with Gasteiger partial charge in [0.1, 0.15) is 17.1 Å². The number of nitrogens with zero attached hydrogens (tertiary/aromatic N) is 2. The Morgan fingerprint density at radius 2 is 2.14 bits per heavy atom. The van der Waals surface area contributed by atoms with Crippen LogP contribution in [0.1, 0.15) is 44.3 Å². The summed E-state index contributed by atoms with van der Waals surface area (Å²) >= 11 is 1.54. The lowest BCUT2D eigenvalue weighted by Crippen LogP contribution is -2.62. The van der Waals surface area contributed by atoms with Gasteiger partial charge in [0, 0.05) is 11.1 Å². The molecule has 1 saturated heterocycles. The smallest absolute Gasteiger partial charge is 0.246 e. The molecule has 0 aliphatic carbocycles. The highest BCUT2D eigenvalue weighted by atomic mass is 32.1. The van der Waals surface area contributed by atoms with Crippen LogP contribution >= 0.6 is 11.3 Å². The molecule has 1 aliphatic heterocycles. The molecule has 0 radical (unpaired) electrons. The third-order valence-corrected chi connectivity index (χ3v) is 4.60. The van der Waals surface area contributed by atoms with Crippen LogP contribution in [0.25, 0.3) is 0 Å². The van der Waals surface area contributed by atoms with Crippen molar-refractivity contribution < 1.29 is 9.59 Å². The lowest BCUT2D eigenvalue weighted by atomic mass is 9.97. The van der Waals surface area contributed by atoms with Crippen molar-refractivity contribution in [3.63, 3.8) is 0 Å². The van der Waals surface area contributed by atoms with E-state index in [1.165, 1.54) is 11.3 Å². The number of carbonyl (C=O) groups is 2. The Labute approximate surface area is 129 Å². The first kappa shape index (κ1) is 15.9. The van der Waals surface area contributed by atoms with Gasteiger partial charge < -0.3 is 10.2 Å². The van der Waals surface area contributed by atoms with E-state index in [1.807, 2.05) is 19.2 Å². The number of carbonyl (C=O) groups excluding carboxylic acids is 2. The molecule has 2 rings (SSSR count). The van der Waals surface area contributed by atoms with Crippen molar-refractivity contribution >= 4 is 23.2 Å². The molecule has 1 N–H and O–H groups in total. The summed E-state index contributed by atoms with van der Waals surface area (Å²) in [6.07, 6.45) is 1.30. The molecule has 1 aromatic heterocycles. The topological polar surface area (TPSA) is 62.3 Å². The minimum absolute atomic E-state index is 0.00982. The highest BCUT2D eigenvalue weighted by Gasteiger charge is 2.40. The lowest BCUT2D eigenvalue weighted by molar-refractivity contribution is -0.150. The van der Waals surface area contributed by atoms with Gasteiger partial charge >= 0.3 is 0 Å². The summed E-state index contributed by atoms with van der Waals surface area (Å²) in [5.41, 5.74) is 0.955. The van der Waals surface area contributed by atoms with Gasteiger partial charge in [0.25, 0.3) is 0 Å². The number of piperazine rings is 1. The molecular weight excluding hydrogens is 286 g/mol. The number of rotatable bonds is 5. The summed E-state index contributed by atoms with van der Waals surface area (Å²) in [6, 6.07) is -0.786. The molecule has 6 heteroatoms. The number of hydrogen-bond donors (Lipinski definition) is 1. The fourth-order valence-electron chi connectivity index (χ4n) is 2.59. The van der Waals surface area contributed by atoms with Crippen LogP contribution in [-0.4, -0.2) is 33.8 Å². The zero-order chi connectivity index (χ0) is 15.6. The molecule has 21 heavy (non-hydrogen) atoms. The van der Waals surface area contributed by atoms with E-state index in [1.54, 1.807) is 4.90 Å². The van der Waals surface area contributed by atoms with Crippen LogP contribution in [0.15, 0.2) is 5.38 Å². The molecule has 0 aromatic carbocycles. The van der Waals surface area contributed by atoms with Crippen LogP contribution in [0.5, 0.6) is 0 Å². The van der Waals surface area contributed by atoms with Gasteiger partial charge in [-0.2, -0.15) is 0 Å². The lowest BCUT2D eigenvalue weighted by Gasteiger charge is -2.39. The molecule has 2 amide bonds. The van der Waals surface area contributed by atoms with Crippen LogP contribution in [0, 0.1) is 12.8 Å². The Kier molecular flexibility index (Phi) is 4.98. The molecule has 0 bridgehead atoms. The highest BCUT2D eigenvalue weighted by Crippen LogP contribution is 2.22. The minimum Gasteiger partial charge on any atom is -0.343 e. The van der Waals surface area contributed by atoms with Gasteiger partial charge in [-0.1, -0.05) is 20.8 Å². The Hall–Kier alpha value is -1.43. The average molecular weight is 309 g/mol. The van der Waals surface area contributed by atoms with Crippen molar-refractivity contribution in [2.75, 3.05) is 0 Å². The molecule has 2 heterocycles. The number of amides is 2. The second-order valence-electron chi connectivity index (χ2n) is 5.96. The summed E-state index contributed by atoms with van der Waals surface area (Å²) in [4.78, 5) is 31.1. The van der Waals surface area contributed by atoms with Crippen molar-refractivity contribution in [2.45, 2.75) is 59.2 Å². The normalized spacial score (nSPS) is 22.8. The standard InChI is InChI=1S/C15H23N3O2S/c1-5-11-15(20)18(7-13-16-10(4)8-21-13)12(6-9(2)3)14(19)17-11/h8-9,11-12H,5-7H2,1-4H3,(H,17,19). The van der Waals surface area contributed by atoms with Gasteiger partial charge in [-0.25, -0.2) is 4.98 Å². The largest absolute Gasteiger partial charge is 0.343 e. The van der Waals surface area contributed by atoms with Crippen LogP contribution in [0.3, 0.4) is 0 Å². The zero-order valence-electron chi connectivity index (χ0n) is 13.0. The Morgan fingerprint density at radius 1 is 1.43 bits per heavy atom. The number of hydrogen-bond acceptors (Lipinski definition) is 4. The Bertz CT molecular complexity index is 527. The van der Waals surface area contributed by atoms with Crippen LogP contribution in [-0.2, 0) is 16.1 Å². The molecular formula is C15H23N3O2S. The van der Waals surface area contributed by atoms with E-state index in [9.17, 15) is 9.59 Å². The Balaban J connectivity index is 2.23. The van der Waals surface area contributed by atoms with Crippen molar-refractivity contribution in [1.82, 2.24) is 15.2 Å². The fraction of sp³-hybridized carbons (Fsp3) is 0.667. The average Bonchev–Trinajstić information content (AvgIpc) is 2.82. The summed E-state index contributed by atoms with van der Waals surface area (Å²) < 4.78 is 0. The third-order valence-electron chi connectivity index (χ3n) is 3.65. The molecule has 2 unspecified atom stereocenters. The van der Waals surface area contributed by atoms with Gasteiger partial charge in [-0.15, -0.1) is 11.3 Å². The van der Waals surface area contributed by atoms with E-state index in [2.05, 4.69) is 24.1 Å². The maximum absolute atomic E-state index is 12.6. The van der Waals surface area contributed by atoms with E-state index in [0.717, 1.165) is 10.7 Å². The number of aromatic nitrogens is 1. The molecule has 0 spiro atoms. The second-order valence-corrected chi connectivity index (χ2v) is 6.91. The van der Waals surface area contributed by atoms with E-state index in [-0.39, 0.29) is 17.9 Å². The Morgan fingerprint density at radius 3 is 2.67 bits per heavy atom. The maximum atomic E-state index is 12.6. The minimum atomic E-state index is -0.401. The van der Waals surface area contributed by atoms with Gasteiger partial charge in [0.05, 0.1) is 6.54 Å². The van der Waals surface area contributed by atoms with Gasteiger partial charge in [-0.3, -0.25) is 9.59 Å². The van der Waals surface area contributed by atoms with Crippen LogP contribution in [0.2, 0.25) is 0 Å². The van der Waals surface area contributed by atoms with E-state index in [0.29, 0.717) is 25.3 Å². The van der Waals surface area contributed by atoms with Crippen molar-refractivity contribution in [3.05, 3.63) is 16.1 Å². The van der Waals surface area contributed by atoms with E-state index >= 15 is 0 Å². The van der Waals surface area contributed by atoms with E-state index in [4.69, 9.17) is 0 Å². The molecule has 1 aliphatic rings. The van der Waals surface area contributed by atoms with E-state index < -0.39 is 6.04 Å². The van der Waals surface area contributed by atoms with Crippen molar-refractivity contribution in [3.8, 4) is 0 Å². The number of aryl methyl sites for hydroxylation is 1. The van der Waals surface area contributed by atoms with Crippen molar-refractivity contribution in [2.24, 2.45) is 5.92 Å². The molecule has 0 saturated carbocycles. The molecule has 116 valence electrons. The maximum Gasteiger partial charge on any atom is 0.246 e. The molecule has 1 aromatic rings. The third kappa shape index (κ3) is 3.61. The monoisotopic (exact) mass is 309 g/mol. The van der Waals surface area contributed by atoms with Crippen LogP contribution in [0.4, 0.5) is 0 Å². The van der Waals surface area contributed by atoms with Crippen LogP contribution < -0.4 is 5.32 Å². The fourth-order valence-corrected chi connectivity index (χ4v) is 3.36. The number of thiazole rings is 1.